The van der Waals surface area contributed by atoms with Crippen LogP contribution in [-0.4, -0.2) is 26.5 Å². The van der Waals surface area contributed by atoms with E-state index in [0.717, 1.165) is 12.8 Å². The summed E-state index contributed by atoms with van der Waals surface area (Å²) in [4.78, 5) is 12.0. The molecule has 1 aliphatic heterocycles. The Morgan fingerprint density at radius 2 is 1.54 bits per heavy atom. The van der Waals surface area contributed by atoms with Crippen molar-refractivity contribution < 1.29 is 14.0 Å². The van der Waals surface area contributed by atoms with Gasteiger partial charge in [0.05, 0.1) is 12.0 Å². The van der Waals surface area contributed by atoms with E-state index in [1.165, 1.54) is 10.4 Å². The molecule has 0 spiro atoms. The van der Waals surface area contributed by atoms with Gasteiger partial charge in [-0.05, 0) is 28.3 Å². The molecule has 1 heterocycles. The van der Waals surface area contributed by atoms with Crippen LogP contribution in [0.1, 0.15) is 47.5 Å². The number of benzene rings is 2. The van der Waals surface area contributed by atoms with Crippen molar-refractivity contribution in [3.63, 3.8) is 0 Å². The molecule has 0 N–H and O–H groups in total. The van der Waals surface area contributed by atoms with Gasteiger partial charge in [0, 0.05) is 0 Å². The third-order valence-corrected chi connectivity index (χ3v) is 10.9. The van der Waals surface area contributed by atoms with Crippen molar-refractivity contribution in [1.82, 2.24) is 0 Å². The summed E-state index contributed by atoms with van der Waals surface area (Å²) in [6, 6.07) is 21.2. The van der Waals surface area contributed by atoms with E-state index in [9.17, 15) is 4.79 Å². The van der Waals surface area contributed by atoms with Crippen LogP contribution in [0.5, 0.6) is 0 Å². The molecule has 0 aromatic heterocycles. The standard InChI is InChI=1S/C24H32O3Si/c1-6-21(22-17-18(2)23(25)26-22)27-28(24(3,4)5,19-13-9-7-10-14-19)20-15-11-8-12-16-20/h7-16,18,21-22H,6,17H2,1-5H3/t18-,21?,22+/m1/s1. The predicted molar refractivity (Wildman–Crippen MR) is 116 cm³/mol. The van der Waals surface area contributed by atoms with Crippen LogP contribution in [0, 0.1) is 5.92 Å². The highest BCUT2D eigenvalue weighted by Gasteiger charge is 2.52. The number of carbonyl (C=O) groups is 1. The molecule has 4 heteroatoms. The Balaban J connectivity index is 2.11. The third-order valence-electron chi connectivity index (χ3n) is 5.82. The van der Waals surface area contributed by atoms with Crippen molar-refractivity contribution in [2.24, 2.45) is 5.92 Å². The summed E-state index contributed by atoms with van der Waals surface area (Å²) in [5.41, 5.74) is 0. The second-order valence-corrected chi connectivity index (χ2v) is 13.1. The maximum Gasteiger partial charge on any atom is 0.309 e. The highest BCUT2D eigenvalue weighted by Crippen LogP contribution is 2.39. The Hall–Kier alpha value is -1.91. The number of hydrogen-bond donors (Lipinski definition) is 0. The van der Waals surface area contributed by atoms with Gasteiger partial charge in [-0.3, -0.25) is 4.79 Å². The molecular weight excluding hydrogens is 364 g/mol. The quantitative estimate of drug-likeness (QED) is 0.540. The number of esters is 1. The zero-order valence-electron chi connectivity index (χ0n) is 17.6. The molecule has 2 aromatic carbocycles. The summed E-state index contributed by atoms with van der Waals surface area (Å²) >= 11 is 0. The SMILES string of the molecule is CCC(O[Si](c1ccccc1)(c1ccccc1)C(C)(C)C)[C@@H]1C[C@@H](C)C(=O)O1. The van der Waals surface area contributed by atoms with Crippen molar-refractivity contribution in [1.29, 1.82) is 0 Å². The van der Waals surface area contributed by atoms with Crippen molar-refractivity contribution in [2.75, 3.05) is 0 Å². The fourth-order valence-corrected chi connectivity index (χ4v) is 9.11. The lowest BCUT2D eigenvalue weighted by Crippen LogP contribution is -2.68. The summed E-state index contributed by atoms with van der Waals surface area (Å²) < 4.78 is 12.9. The molecule has 3 rings (SSSR count). The zero-order chi connectivity index (χ0) is 20.4. The predicted octanol–water partition coefficient (Wildman–Crippen LogP) is 4.29. The molecule has 28 heavy (non-hydrogen) atoms. The monoisotopic (exact) mass is 396 g/mol. The Kier molecular flexibility index (Phi) is 6.11. The van der Waals surface area contributed by atoms with Gasteiger partial charge in [0.2, 0.25) is 0 Å². The van der Waals surface area contributed by atoms with Crippen LogP contribution in [-0.2, 0) is 14.0 Å². The van der Waals surface area contributed by atoms with Gasteiger partial charge in [0.1, 0.15) is 6.10 Å². The first-order valence-electron chi connectivity index (χ1n) is 10.3. The van der Waals surface area contributed by atoms with Crippen LogP contribution < -0.4 is 10.4 Å². The van der Waals surface area contributed by atoms with Gasteiger partial charge in [-0.2, -0.15) is 0 Å². The van der Waals surface area contributed by atoms with Crippen LogP contribution in [0.25, 0.3) is 0 Å². The summed E-state index contributed by atoms with van der Waals surface area (Å²) in [6.07, 6.45) is 1.26. The van der Waals surface area contributed by atoms with E-state index in [2.05, 4.69) is 76.2 Å². The lowest BCUT2D eigenvalue weighted by Gasteiger charge is -2.45. The second kappa shape index (κ2) is 8.22. The number of hydrogen-bond acceptors (Lipinski definition) is 3. The summed E-state index contributed by atoms with van der Waals surface area (Å²) in [5.74, 6) is -0.156. The maximum atomic E-state index is 12.0. The van der Waals surface area contributed by atoms with E-state index in [1.54, 1.807) is 0 Å². The van der Waals surface area contributed by atoms with Gasteiger partial charge in [0.15, 0.2) is 0 Å². The zero-order valence-corrected chi connectivity index (χ0v) is 18.6. The van der Waals surface area contributed by atoms with Crippen molar-refractivity contribution in [3.05, 3.63) is 60.7 Å². The first-order valence-corrected chi connectivity index (χ1v) is 12.2. The van der Waals surface area contributed by atoms with E-state index in [-0.39, 0.29) is 29.1 Å². The molecule has 150 valence electrons. The molecule has 1 saturated heterocycles. The average Bonchev–Trinajstić information content (AvgIpc) is 3.02. The number of ether oxygens (including phenoxy) is 1. The Bertz CT molecular complexity index is 743. The van der Waals surface area contributed by atoms with E-state index >= 15 is 0 Å². The van der Waals surface area contributed by atoms with Crippen LogP contribution in [0.15, 0.2) is 60.7 Å². The molecule has 0 aliphatic carbocycles. The minimum atomic E-state index is -2.64. The lowest BCUT2D eigenvalue weighted by molar-refractivity contribution is -0.147. The molecule has 0 bridgehead atoms. The number of carbonyl (C=O) groups excluding carboxylic acids is 1. The van der Waals surface area contributed by atoms with Crippen LogP contribution in [0.3, 0.4) is 0 Å². The smallest absolute Gasteiger partial charge is 0.309 e. The number of rotatable bonds is 6. The van der Waals surface area contributed by atoms with E-state index < -0.39 is 8.32 Å². The van der Waals surface area contributed by atoms with Crippen LogP contribution in [0.4, 0.5) is 0 Å². The molecule has 0 radical (unpaired) electrons. The van der Waals surface area contributed by atoms with E-state index in [4.69, 9.17) is 9.16 Å². The molecular formula is C24H32O3Si. The maximum absolute atomic E-state index is 12.0. The Morgan fingerprint density at radius 1 is 1.04 bits per heavy atom. The molecule has 0 saturated carbocycles. The van der Waals surface area contributed by atoms with Crippen molar-refractivity contribution in [2.45, 2.75) is 64.7 Å². The van der Waals surface area contributed by atoms with E-state index in [0.29, 0.717) is 0 Å². The fraction of sp³-hybridized carbons (Fsp3) is 0.458. The van der Waals surface area contributed by atoms with Gasteiger partial charge in [-0.15, -0.1) is 0 Å². The minimum absolute atomic E-state index is 0.0539. The molecule has 1 unspecified atom stereocenters. The van der Waals surface area contributed by atoms with Gasteiger partial charge in [0.25, 0.3) is 8.32 Å². The van der Waals surface area contributed by atoms with Crippen molar-refractivity contribution in [3.8, 4) is 0 Å². The molecule has 3 nitrogen and oxygen atoms in total. The normalized spacial score (nSPS) is 21.4. The van der Waals surface area contributed by atoms with Gasteiger partial charge in [-0.25, -0.2) is 0 Å². The van der Waals surface area contributed by atoms with Crippen molar-refractivity contribution >= 4 is 24.7 Å². The summed E-state index contributed by atoms with van der Waals surface area (Å²) in [5, 5.41) is 2.42. The number of cyclic esters (lactones) is 1. The lowest BCUT2D eigenvalue weighted by atomic mass is 10.0. The van der Waals surface area contributed by atoms with Gasteiger partial charge >= 0.3 is 5.97 Å². The second-order valence-electron chi connectivity index (χ2n) is 8.84. The molecule has 0 amide bonds. The topological polar surface area (TPSA) is 35.5 Å². The Labute approximate surface area is 170 Å². The molecule has 1 fully saturated rings. The molecule has 1 aliphatic rings. The highest BCUT2D eigenvalue weighted by atomic mass is 28.4. The molecule has 2 aromatic rings. The highest BCUT2D eigenvalue weighted by molar-refractivity contribution is 6.99. The minimum Gasteiger partial charge on any atom is -0.459 e. The summed E-state index contributed by atoms with van der Waals surface area (Å²) in [7, 11) is -2.64. The van der Waals surface area contributed by atoms with Gasteiger partial charge < -0.3 is 9.16 Å². The average molecular weight is 397 g/mol. The Morgan fingerprint density at radius 3 is 1.89 bits per heavy atom. The van der Waals surface area contributed by atoms with Crippen LogP contribution in [0.2, 0.25) is 5.04 Å². The fourth-order valence-electron chi connectivity index (χ4n) is 4.33. The largest absolute Gasteiger partial charge is 0.459 e. The van der Waals surface area contributed by atoms with Gasteiger partial charge in [-0.1, -0.05) is 95.3 Å². The third kappa shape index (κ3) is 3.81. The van der Waals surface area contributed by atoms with Crippen LogP contribution >= 0.6 is 0 Å². The first-order chi connectivity index (χ1) is 13.3. The summed E-state index contributed by atoms with van der Waals surface area (Å²) in [6.45, 7) is 10.9. The van der Waals surface area contributed by atoms with E-state index in [1.807, 2.05) is 19.1 Å². The first kappa shape index (κ1) is 20.8. The molecule has 3 atom stereocenters.